The Labute approximate surface area is 140 Å². The van der Waals surface area contributed by atoms with Gasteiger partial charge in [-0.3, -0.25) is 4.79 Å². The van der Waals surface area contributed by atoms with E-state index in [-0.39, 0.29) is 18.4 Å². The highest BCUT2D eigenvalue weighted by Gasteiger charge is 2.20. The predicted molar refractivity (Wildman–Crippen MR) is 86.9 cm³/mol. The summed E-state index contributed by atoms with van der Waals surface area (Å²) in [7, 11) is 0. The first-order chi connectivity index (χ1) is 11.6. The topological polar surface area (TPSA) is 44.8 Å². The summed E-state index contributed by atoms with van der Waals surface area (Å²) in [4.78, 5) is 12.2. The monoisotopic (exact) mass is 330 g/mol. The molecule has 0 saturated heterocycles. The first-order valence-electron chi connectivity index (χ1n) is 7.94. The lowest BCUT2D eigenvalue weighted by Gasteiger charge is -2.20. The number of ether oxygens (including phenoxy) is 3. The van der Waals surface area contributed by atoms with Crippen molar-refractivity contribution in [2.75, 3.05) is 19.8 Å². The van der Waals surface area contributed by atoms with Gasteiger partial charge in [0.15, 0.2) is 11.5 Å². The zero-order valence-electron chi connectivity index (χ0n) is 13.5. The Morgan fingerprint density at radius 3 is 2.58 bits per heavy atom. The molecule has 0 radical (unpaired) electrons. The van der Waals surface area contributed by atoms with Gasteiger partial charge in [-0.05, 0) is 42.3 Å². The van der Waals surface area contributed by atoms with E-state index < -0.39 is 5.92 Å². The van der Waals surface area contributed by atoms with Crippen LogP contribution in [0.1, 0.15) is 24.0 Å². The second-order valence-corrected chi connectivity index (χ2v) is 5.67. The predicted octanol–water partition coefficient (Wildman–Crippen LogP) is 3.49. The molecule has 1 unspecified atom stereocenters. The number of hydrogen-bond donors (Lipinski definition) is 0. The van der Waals surface area contributed by atoms with Crippen molar-refractivity contribution in [1.82, 2.24) is 0 Å². The number of benzene rings is 2. The van der Waals surface area contributed by atoms with E-state index in [1.54, 1.807) is 19.1 Å². The molecule has 0 spiro atoms. The Bertz CT molecular complexity index is 712. The van der Waals surface area contributed by atoms with Crippen LogP contribution in [0.3, 0.4) is 0 Å². The standard InChI is InChI=1S/C19H19FO4/c1-13(15-4-7-17-18(12-15)23-11-10-22-17)19(21)24-9-8-14-2-5-16(20)6-3-14/h2-7,12-13H,8-11H2,1H3. The zero-order valence-corrected chi connectivity index (χ0v) is 13.5. The number of hydrogen-bond acceptors (Lipinski definition) is 4. The highest BCUT2D eigenvalue weighted by Crippen LogP contribution is 2.33. The lowest BCUT2D eigenvalue weighted by atomic mass is 10.0. The fraction of sp³-hybridized carbons (Fsp3) is 0.316. The summed E-state index contributed by atoms with van der Waals surface area (Å²) in [5, 5.41) is 0. The molecule has 0 fully saturated rings. The second kappa shape index (κ2) is 7.34. The quantitative estimate of drug-likeness (QED) is 0.787. The Morgan fingerprint density at radius 1 is 1.12 bits per heavy atom. The molecule has 0 aromatic heterocycles. The maximum absolute atomic E-state index is 12.8. The van der Waals surface area contributed by atoms with Crippen LogP contribution in [0.5, 0.6) is 11.5 Å². The van der Waals surface area contributed by atoms with E-state index in [4.69, 9.17) is 14.2 Å². The zero-order chi connectivity index (χ0) is 16.9. The lowest BCUT2D eigenvalue weighted by molar-refractivity contribution is -0.144. The minimum Gasteiger partial charge on any atom is -0.486 e. The molecule has 0 saturated carbocycles. The Balaban J connectivity index is 1.55. The first kappa shape index (κ1) is 16.3. The smallest absolute Gasteiger partial charge is 0.313 e. The fourth-order valence-electron chi connectivity index (χ4n) is 2.51. The Morgan fingerprint density at radius 2 is 1.83 bits per heavy atom. The van der Waals surface area contributed by atoms with E-state index >= 15 is 0 Å². The van der Waals surface area contributed by atoms with Gasteiger partial charge in [0.05, 0.1) is 12.5 Å². The van der Waals surface area contributed by atoms with Crippen molar-refractivity contribution in [2.24, 2.45) is 0 Å². The van der Waals surface area contributed by atoms with Gasteiger partial charge < -0.3 is 14.2 Å². The van der Waals surface area contributed by atoms with Gasteiger partial charge in [-0.25, -0.2) is 4.39 Å². The minimum absolute atomic E-state index is 0.263. The summed E-state index contributed by atoms with van der Waals surface area (Å²) < 4.78 is 29.2. The summed E-state index contributed by atoms with van der Waals surface area (Å²) in [6.07, 6.45) is 0.555. The van der Waals surface area contributed by atoms with Crippen LogP contribution >= 0.6 is 0 Å². The van der Waals surface area contributed by atoms with Gasteiger partial charge in [-0.15, -0.1) is 0 Å². The lowest BCUT2D eigenvalue weighted by Crippen LogP contribution is -2.17. The fourth-order valence-corrected chi connectivity index (χ4v) is 2.51. The molecule has 2 aromatic carbocycles. The number of rotatable bonds is 5. The molecule has 1 heterocycles. The maximum atomic E-state index is 12.8. The van der Waals surface area contributed by atoms with Gasteiger partial charge in [0, 0.05) is 6.42 Å². The number of halogens is 1. The third kappa shape index (κ3) is 3.85. The van der Waals surface area contributed by atoms with Crippen molar-refractivity contribution in [3.63, 3.8) is 0 Å². The summed E-state index contributed by atoms with van der Waals surface area (Å²) in [6, 6.07) is 11.6. The van der Waals surface area contributed by atoms with Gasteiger partial charge in [-0.1, -0.05) is 18.2 Å². The van der Waals surface area contributed by atoms with E-state index in [1.807, 2.05) is 18.2 Å². The van der Waals surface area contributed by atoms with Gasteiger partial charge in [0.1, 0.15) is 19.0 Å². The van der Waals surface area contributed by atoms with E-state index in [2.05, 4.69) is 0 Å². The summed E-state index contributed by atoms with van der Waals surface area (Å²) in [6.45, 7) is 3.10. The third-order valence-corrected chi connectivity index (χ3v) is 3.97. The number of esters is 1. The summed E-state index contributed by atoms with van der Waals surface area (Å²) >= 11 is 0. The van der Waals surface area contributed by atoms with E-state index in [9.17, 15) is 9.18 Å². The molecule has 4 nitrogen and oxygen atoms in total. The van der Waals surface area contributed by atoms with E-state index in [0.717, 1.165) is 11.1 Å². The van der Waals surface area contributed by atoms with Gasteiger partial charge >= 0.3 is 5.97 Å². The molecule has 1 atom stereocenters. The molecule has 1 aliphatic heterocycles. The van der Waals surface area contributed by atoms with Gasteiger partial charge in [0.2, 0.25) is 0 Å². The molecule has 3 rings (SSSR count). The van der Waals surface area contributed by atoms with Crippen LogP contribution in [-0.2, 0) is 16.0 Å². The van der Waals surface area contributed by atoms with Gasteiger partial charge in [0.25, 0.3) is 0 Å². The average Bonchev–Trinajstić information content (AvgIpc) is 2.62. The molecule has 0 N–H and O–H groups in total. The molecular weight excluding hydrogens is 311 g/mol. The third-order valence-electron chi connectivity index (χ3n) is 3.97. The molecule has 0 amide bonds. The number of carbonyl (C=O) groups is 1. The summed E-state index contributed by atoms with van der Waals surface area (Å²) in [5.41, 5.74) is 1.75. The molecule has 1 aliphatic rings. The molecule has 24 heavy (non-hydrogen) atoms. The second-order valence-electron chi connectivity index (χ2n) is 5.67. The van der Waals surface area contributed by atoms with Crippen LogP contribution in [-0.4, -0.2) is 25.8 Å². The van der Waals surface area contributed by atoms with Crippen molar-refractivity contribution in [3.05, 3.63) is 59.4 Å². The van der Waals surface area contributed by atoms with Crippen molar-refractivity contribution in [2.45, 2.75) is 19.3 Å². The maximum Gasteiger partial charge on any atom is 0.313 e. The van der Waals surface area contributed by atoms with Crippen molar-refractivity contribution < 1.29 is 23.4 Å². The van der Waals surface area contributed by atoms with Gasteiger partial charge in [-0.2, -0.15) is 0 Å². The molecule has 126 valence electrons. The van der Waals surface area contributed by atoms with Crippen LogP contribution < -0.4 is 9.47 Å². The molecule has 0 bridgehead atoms. The van der Waals surface area contributed by atoms with Crippen molar-refractivity contribution in [1.29, 1.82) is 0 Å². The van der Waals surface area contributed by atoms with Crippen LogP contribution in [0.4, 0.5) is 4.39 Å². The highest BCUT2D eigenvalue weighted by molar-refractivity contribution is 5.78. The number of carbonyl (C=O) groups excluding carboxylic acids is 1. The van der Waals surface area contributed by atoms with Crippen molar-refractivity contribution in [3.8, 4) is 11.5 Å². The van der Waals surface area contributed by atoms with Crippen LogP contribution in [0, 0.1) is 5.82 Å². The number of fused-ring (bicyclic) bond motifs is 1. The minimum atomic E-state index is -0.394. The first-order valence-corrected chi connectivity index (χ1v) is 7.94. The molecule has 5 heteroatoms. The van der Waals surface area contributed by atoms with E-state index in [1.165, 1.54) is 12.1 Å². The SMILES string of the molecule is CC(C(=O)OCCc1ccc(F)cc1)c1ccc2c(c1)OCCO2. The van der Waals surface area contributed by atoms with Crippen LogP contribution in [0.25, 0.3) is 0 Å². The highest BCUT2D eigenvalue weighted by atomic mass is 19.1. The Kier molecular flexibility index (Phi) is 4.99. The molecular formula is C19H19FO4. The molecule has 0 aliphatic carbocycles. The largest absolute Gasteiger partial charge is 0.486 e. The normalized spacial score (nSPS) is 14.1. The molecule has 2 aromatic rings. The van der Waals surface area contributed by atoms with E-state index in [0.29, 0.717) is 31.1 Å². The van der Waals surface area contributed by atoms with Crippen LogP contribution in [0.15, 0.2) is 42.5 Å². The average molecular weight is 330 g/mol. The summed E-state index contributed by atoms with van der Waals surface area (Å²) in [5.74, 6) is 0.386. The van der Waals surface area contributed by atoms with Crippen LogP contribution in [0.2, 0.25) is 0 Å². The van der Waals surface area contributed by atoms with Crippen molar-refractivity contribution >= 4 is 5.97 Å². The Hall–Kier alpha value is -2.56.